The molecule has 0 bridgehead atoms. The molecule has 0 unspecified atom stereocenters. The number of methoxy groups -OCH3 is 4. The lowest BCUT2D eigenvalue weighted by molar-refractivity contribution is 0.0600. The Bertz CT molecular complexity index is 1780. The van der Waals surface area contributed by atoms with Crippen molar-refractivity contribution >= 4 is 28.6 Å². The Morgan fingerprint density at radius 3 is 1.93 bits per heavy atom. The van der Waals surface area contributed by atoms with Crippen molar-refractivity contribution in [2.75, 3.05) is 51.8 Å². The molecule has 1 N–H and O–H groups in total. The summed E-state index contributed by atoms with van der Waals surface area (Å²) >= 11 is 0. The zero-order valence-electron chi connectivity index (χ0n) is 26.2. The number of benzene rings is 3. The zero-order valence-corrected chi connectivity index (χ0v) is 26.2. The number of nitrogens with zero attached hydrogens (tertiary/aromatic N) is 5. The van der Waals surface area contributed by atoms with Crippen molar-refractivity contribution in [1.29, 1.82) is 0 Å². The van der Waals surface area contributed by atoms with Gasteiger partial charge in [0.2, 0.25) is 5.95 Å². The number of carbonyl (C=O) groups excluding carboxylic acids is 1. The highest BCUT2D eigenvalue weighted by molar-refractivity contribution is 5.89. The van der Waals surface area contributed by atoms with Crippen LogP contribution in [0.25, 0.3) is 10.9 Å². The molecule has 0 aliphatic heterocycles. The maximum absolute atomic E-state index is 13.8. The van der Waals surface area contributed by atoms with E-state index in [0.717, 1.165) is 28.2 Å². The van der Waals surface area contributed by atoms with Crippen LogP contribution in [0.4, 0.5) is 11.8 Å². The van der Waals surface area contributed by atoms with Crippen LogP contribution in [0.2, 0.25) is 0 Å². The van der Waals surface area contributed by atoms with Gasteiger partial charge in [0.25, 0.3) is 5.56 Å². The summed E-state index contributed by atoms with van der Waals surface area (Å²) in [5.74, 6) is 1.91. The Labute approximate surface area is 266 Å². The number of carbonyl (C=O) groups is 1. The summed E-state index contributed by atoms with van der Waals surface area (Å²) in [6.07, 6.45) is 1.57. The second-order valence-electron chi connectivity index (χ2n) is 10.4. The number of ether oxygens (including phenoxy) is 4. The first kappa shape index (κ1) is 31.9. The Morgan fingerprint density at radius 2 is 1.39 bits per heavy atom. The summed E-state index contributed by atoms with van der Waals surface area (Å²) in [5.41, 5.74) is 3.32. The van der Waals surface area contributed by atoms with Gasteiger partial charge in [-0.2, -0.15) is 10.1 Å². The SMILES string of the molecule is COCCNc1nc(N(Cc2ccc(OC)cc2)Cc2ccc(OC)cc2)nc2cnn(Cc3ccc(C(=O)OC)cc3)c(=O)c12. The molecule has 5 aromatic rings. The molecule has 0 fully saturated rings. The number of esters is 1. The van der Waals surface area contributed by atoms with Gasteiger partial charge in [-0.25, -0.2) is 14.5 Å². The fourth-order valence-electron chi connectivity index (χ4n) is 4.87. The monoisotopic (exact) mass is 624 g/mol. The number of aromatic nitrogens is 4. The molecule has 2 aromatic heterocycles. The highest BCUT2D eigenvalue weighted by atomic mass is 16.5. The first-order chi connectivity index (χ1) is 22.4. The topological polar surface area (TPSA) is 130 Å². The van der Waals surface area contributed by atoms with Crippen LogP contribution >= 0.6 is 0 Å². The third kappa shape index (κ3) is 7.59. The van der Waals surface area contributed by atoms with Crippen LogP contribution in [0.1, 0.15) is 27.0 Å². The van der Waals surface area contributed by atoms with E-state index < -0.39 is 5.97 Å². The molecule has 12 heteroatoms. The largest absolute Gasteiger partial charge is 0.497 e. The van der Waals surface area contributed by atoms with Gasteiger partial charge in [0.1, 0.15) is 28.2 Å². The number of nitrogens with one attached hydrogen (secondary N) is 1. The molecule has 0 saturated carbocycles. The number of anilines is 2. The molecule has 238 valence electrons. The normalized spacial score (nSPS) is 10.9. The summed E-state index contributed by atoms with van der Waals surface area (Å²) in [6.45, 7) is 2.01. The van der Waals surface area contributed by atoms with Crippen molar-refractivity contribution in [2.24, 2.45) is 0 Å². The van der Waals surface area contributed by atoms with Crippen molar-refractivity contribution < 1.29 is 23.7 Å². The predicted molar refractivity (Wildman–Crippen MR) is 175 cm³/mol. The molecule has 0 aliphatic rings. The van der Waals surface area contributed by atoms with Crippen molar-refractivity contribution in [2.45, 2.75) is 19.6 Å². The average Bonchev–Trinajstić information content (AvgIpc) is 3.09. The fourth-order valence-corrected chi connectivity index (χ4v) is 4.87. The Hall–Kier alpha value is -5.49. The zero-order chi connectivity index (χ0) is 32.5. The van der Waals surface area contributed by atoms with E-state index >= 15 is 0 Å². The maximum Gasteiger partial charge on any atom is 0.337 e. The molecular weight excluding hydrogens is 588 g/mol. The lowest BCUT2D eigenvalue weighted by Gasteiger charge is -2.24. The quantitative estimate of drug-likeness (QED) is 0.140. The maximum atomic E-state index is 13.8. The van der Waals surface area contributed by atoms with Gasteiger partial charge in [-0.3, -0.25) is 4.79 Å². The Balaban J connectivity index is 1.54. The Kier molecular flexibility index (Phi) is 10.4. The van der Waals surface area contributed by atoms with Crippen LogP contribution in [0.3, 0.4) is 0 Å². The summed E-state index contributed by atoms with van der Waals surface area (Å²) in [4.78, 5) is 37.4. The van der Waals surface area contributed by atoms with Gasteiger partial charge < -0.3 is 29.2 Å². The third-order valence-electron chi connectivity index (χ3n) is 7.35. The minimum Gasteiger partial charge on any atom is -0.497 e. The molecule has 0 aliphatic carbocycles. The van der Waals surface area contributed by atoms with Crippen LogP contribution < -0.4 is 25.2 Å². The van der Waals surface area contributed by atoms with Gasteiger partial charge in [-0.05, 0) is 53.1 Å². The summed E-state index contributed by atoms with van der Waals surface area (Å²) < 4.78 is 22.1. The molecule has 3 aromatic carbocycles. The number of hydrogen-bond acceptors (Lipinski definition) is 11. The predicted octanol–water partition coefficient (Wildman–Crippen LogP) is 4.30. The number of hydrogen-bond donors (Lipinski definition) is 1. The first-order valence-corrected chi connectivity index (χ1v) is 14.6. The van der Waals surface area contributed by atoms with Gasteiger partial charge in [-0.15, -0.1) is 0 Å². The summed E-state index contributed by atoms with van der Waals surface area (Å²) in [7, 11) is 6.21. The smallest absolute Gasteiger partial charge is 0.337 e. The van der Waals surface area contributed by atoms with E-state index in [4.69, 9.17) is 28.9 Å². The molecule has 0 amide bonds. The van der Waals surface area contributed by atoms with Crippen LogP contribution in [0.5, 0.6) is 11.5 Å². The van der Waals surface area contributed by atoms with Gasteiger partial charge in [-0.1, -0.05) is 36.4 Å². The second-order valence-corrected chi connectivity index (χ2v) is 10.4. The van der Waals surface area contributed by atoms with E-state index in [1.165, 1.54) is 11.8 Å². The van der Waals surface area contributed by atoms with E-state index in [0.29, 0.717) is 54.5 Å². The molecule has 0 spiro atoms. The van der Waals surface area contributed by atoms with Gasteiger partial charge >= 0.3 is 5.97 Å². The van der Waals surface area contributed by atoms with E-state index in [-0.39, 0.29) is 12.1 Å². The molecule has 0 atom stereocenters. The number of rotatable bonds is 14. The Morgan fingerprint density at radius 1 is 0.804 bits per heavy atom. The van der Waals surface area contributed by atoms with Gasteiger partial charge in [0, 0.05) is 26.7 Å². The fraction of sp³-hybridized carbons (Fsp3) is 0.265. The van der Waals surface area contributed by atoms with Crippen LogP contribution in [-0.4, -0.2) is 67.3 Å². The molecular formula is C34H36N6O6. The minimum atomic E-state index is -0.430. The van der Waals surface area contributed by atoms with Crippen molar-refractivity contribution in [3.63, 3.8) is 0 Å². The lowest BCUT2D eigenvalue weighted by Crippen LogP contribution is -2.28. The van der Waals surface area contributed by atoms with Gasteiger partial charge in [0.15, 0.2) is 0 Å². The van der Waals surface area contributed by atoms with E-state index in [1.807, 2.05) is 53.4 Å². The summed E-state index contributed by atoms with van der Waals surface area (Å²) in [5, 5.41) is 8.03. The molecule has 0 saturated heterocycles. The van der Waals surface area contributed by atoms with E-state index in [9.17, 15) is 9.59 Å². The van der Waals surface area contributed by atoms with Crippen molar-refractivity contribution in [3.8, 4) is 11.5 Å². The van der Waals surface area contributed by atoms with Crippen molar-refractivity contribution in [3.05, 3.63) is 112 Å². The van der Waals surface area contributed by atoms with Gasteiger partial charge in [0.05, 0.1) is 46.2 Å². The van der Waals surface area contributed by atoms with Crippen LogP contribution in [0, 0.1) is 0 Å². The van der Waals surface area contributed by atoms with E-state index in [1.54, 1.807) is 51.8 Å². The molecule has 2 heterocycles. The molecule has 12 nitrogen and oxygen atoms in total. The highest BCUT2D eigenvalue weighted by Crippen LogP contribution is 2.25. The standard InChI is InChI=1S/C34H36N6O6/c1-43-18-17-35-31-30-29(19-36-40(32(30)41)22-25-5-11-26(12-6-25)33(42)46-4)37-34(38-31)39(20-23-7-13-27(44-2)14-8-23)21-24-9-15-28(45-3)16-10-24/h5-16,19H,17-18,20-22H2,1-4H3,(H,35,37,38). The van der Waals surface area contributed by atoms with Crippen molar-refractivity contribution in [1.82, 2.24) is 19.7 Å². The number of fused-ring (bicyclic) bond motifs is 1. The lowest BCUT2D eigenvalue weighted by atomic mass is 10.1. The average molecular weight is 625 g/mol. The first-order valence-electron chi connectivity index (χ1n) is 14.6. The minimum absolute atomic E-state index is 0.191. The molecule has 46 heavy (non-hydrogen) atoms. The third-order valence-corrected chi connectivity index (χ3v) is 7.35. The molecule has 5 rings (SSSR count). The summed E-state index contributed by atoms with van der Waals surface area (Å²) in [6, 6.07) is 22.5. The molecule has 0 radical (unpaired) electrons. The van der Waals surface area contributed by atoms with Crippen LogP contribution in [-0.2, 0) is 29.1 Å². The second kappa shape index (κ2) is 15.0. The highest BCUT2D eigenvalue weighted by Gasteiger charge is 2.19. The van der Waals surface area contributed by atoms with E-state index in [2.05, 4.69) is 10.4 Å². The van der Waals surface area contributed by atoms with Crippen LogP contribution in [0.15, 0.2) is 83.8 Å².